The third-order valence-electron chi connectivity index (χ3n) is 5.17. The van der Waals surface area contributed by atoms with E-state index in [1.807, 2.05) is 19.1 Å². The van der Waals surface area contributed by atoms with Gasteiger partial charge in [0.15, 0.2) is 0 Å². The van der Waals surface area contributed by atoms with Crippen LogP contribution >= 0.6 is 11.6 Å². The molecule has 0 amide bonds. The van der Waals surface area contributed by atoms with Crippen LogP contribution in [0.5, 0.6) is 0 Å². The van der Waals surface area contributed by atoms with E-state index in [0.29, 0.717) is 11.8 Å². The molecule has 3 atom stereocenters. The summed E-state index contributed by atoms with van der Waals surface area (Å²) in [6.45, 7) is 2.01. The number of nitrogens with one attached hydrogen (secondary N) is 1. The van der Waals surface area contributed by atoms with Crippen LogP contribution in [0.2, 0.25) is 5.02 Å². The van der Waals surface area contributed by atoms with E-state index >= 15 is 0 Å². The number of fused-ring (bicyclic) bond motifs is 3. The maximum Gasteiger partial charge on any atom is 0.269 e. The summed E-state index contributed by atoms with van der Waals surface area (Å²) >= 11 is 6.30. The van der Waals surface area contributed by atoms with Gasteiger partial charge in [-0.15, -0.1) is 0 Å². The van der Waals surface area contributed by atoms with E-state index in [1.54, 1.807) is 12.1 Å². The number of non-ortho nitro benzene ring substituents is 1. The summed E-state index contributed by atoms with van der Waals surface area (Å²) in [4.78, 5) is 10.8. The lowest BCUT2D eigenvalue weighted by Gasteiger charge is -2.38. The minimum atomic E-state index is -0.341. The zero-order chi connectivity index (χ0) is 16.8. The zero-order valence-corrected chi connectivity index (χ0v) is 14.0. The fraction of sp³-hybridized carbons (Fsp3) is 0.263. The fourth-order valence-corrected chi connectivity index (χ4v) is 4.11. The van der Waals surface area contributed by atoms with Crippen LogP contribution < -0.4 is 5.32 Å². The normalized spacial score (nSPS) is 24.2. The molecular weight excluding hydrogens is 324 g/mol. The molecule has 0 unspecified atom stereocenters. The molecule has 24 heavy (non-hydrogen) atoms. The molecule has 0 radical (unpaired) electrons. The van der Waals surface area contributed by atoms with Crippen LogP contribution in [-0.4, -0.2) is 4.92 Å². The molecule has 0 aromatic heterocycles. The van der Waals surface area contributed by atoms with E-state index in [-0.39, 0.29) is 16.7 Å². The average Bonchev–Trinajstić information content (AvgIpc) is 3.07. The van der Waals surface area contributed by atoms with Gasteiger partial charge in [0, 0.05) is 28.8 Å². The van der Waals surface area contributed by atoms with E-state index in [0.717, 1.165) is 28.3 Å². The quantitative estimate of drug-likeness (QED) is 0.453. The van der Waals surface area contributed by atoms with Gasteiger partial charge in [-0.3, -0.25) is 10.1 Å². The van der Waals surface area contributed by atoms with Gasteiger partial charge in [0.05, 0.1) is 11.0 Å². The minimum absolute atomic E-state index is 0.0366. The van der Waals surface area contributed by atoms with Gasteiger partial charge >= 0.3 is 0 Å². The van der Waals surface area contributed by atoms with Gasteiger partial charge in [0.1, 0.15) is 0 Å². The Hall–Kier alpha value is -2.33. The molecule has 0 bridgehead atoms. The first-order valence-corrected chi connectivity index (χ1v) is 8.40. The molecule has 5 heteroatoms. The number of anilines is 1. The maximum absolute atomic E-state index is 11.1. The topological polar surface area (TPSA) is 55.2 Å². The molecule has 2 aliphatic rings. The first-order valence-electron chi connectivity index (χ1n) is 8.03. The molecular formula is C19H17ClN2O2. The van der Waals surface area contributed by atoms with E-state index in [2.05, 4.69) is 23.5 Å². The molecule has 2 aromatic carbocycles. The monoisotopic (exact) mass is 340 g/mol. The molecule has 1 aliphatic carbocycles. The number of halogens is 1. The van der Waals surface area contributed by atoms with Crippen molar-refractivity contribution in [3.63, 3.8) is 0 Å². The van der Waals surface area contributed by atoms with E-state index in [1.165, 1.54) is 11.6 Å². The number of nitro benzene ring substituents is 1. The number of nitrogens with zero attached hydrogens (tertiary/aromatic N) is 1. The van der Waals surface area contributed by atoms with Gasteiger partial charge in [-0.1, -0.05) is 42.0 Å². The second-order valence-electron chi connectivity index (χ2n) is 6.46. The SMILES string of the molecule is Cc1c(Cl)ccc2c1N[C@H](c1cccc([N+](=O)[O-])c1)[C@H]1CC=C[C@@H]21. The van der Waals surface area contributed by atoms with Crippen molar-refractivity contribution in [1.29, 1.82) is 0 Å². The number of allylic oxidation sites excluding steroid dienone is 2. The van der Waals surface area contributed by atoms with Crippen molar-refractivity contribution in [2.24, 2.45) is 5.92 Å². The smallest absolute Gasteiger partial charge is 0.269 e. The molecule has 1 heterocycles. The van der Waals surface area contributed by atoms with Gasteiger partial charge in [-0.05, 0) is 42.0 Å². The Morgan fingerprint density at radius 2 is 2.12 bits per heavy atom. The highest BCUT2D eigenvalue weighted by Crippen LogP contribution is 2.51. The third-order valence-corrected chi connectivity index (χ3v) is 5.58. The highest BCUT2D eigenvalue weighted by molar-refractivity contribution is 6.31. The Kier molecular flexibility index (Phi) is 3.57. The number of benzene rings is 2. The van der Waals surface area contributed by atoms with E-state index in [9.17, 15) is 10.1 Å². The Morgan fingerprint density at radius 3 is 2.92 bits per heavy atom. The lowest BCUT2D eigenvalue weighted by molar-refractivity contribution is -0.384. The second kappa shape index (κ2) is 5.64. The third kappa shape index (κ3) is 2.29. The molecule has 122 valence electrons. The van der Waals surface area contributed by atoms with E-state index < -0.39 is 0 Å². The summed E-state index contributed by atoms with van der Waals surface area (Å²) in [6, 6.07) is 11.0. The lowest BCUT2D eigenvalue weighted by Crippen LogP contribution is -2.29. The summed E-state index contributed by atoms with van der Waals surface area (Å²) in [5.41, 5.74) is 4.44. The van der Waals surface area contributed by atoms with Crippen LogP contribution in [0.4, 0.5) is 11.4 Å². The van der Waals surface area contributed by atoms with Crippen molar-refractivity contribution in [3.8, 4) is 0 Å². The summed E-state index contributed by atoms with van der Waals surface area (Å²) in [5.74, 6) is 0.682. The van der Waals surface area contributed by atoms with Crippen molar-refractivity contribution in [3.05, 3.63) is 80.4 Å². The zero-order valence-electron chi connectivity index (χ0n) is 13.2. The van der Waals surface area contributed by atoms with Gasteiger partial charge < -0.3 is 5.32 Å². The lowest BCUT2D eigenvalue weighted by atomic mass is 9.76. The summed E-state index contributed by atoms with van der Waals surface area (Å²) < 4.78 is 0. The van der Waals surface area contributed by atoms with Crippen molar-refractivity contribution >= 4 is 23.0 Å². The molecule has 4 nitrogen and oxygen atoms in total. The number of hydrogen-bond donors (Lipinski definition) is 1. The Bertz CT molecular complexity index is 862. The number of nitro groups is 1. The van der Waals surface area contributed by atoms with Crippen molar-refractivity contribution in [2.75, 3.05) is 5.32 Å². The average molecular weight is 341 g/mol. The van der Waals surface area contributed by atoms with Gasteiger partial charge in [0.2, 0.25) is 0 Å². The largest absolute Gasteiger partial charge is 0.377 e. The number of rotatable bonds is 2. The first kappa shape index (κ1) is 15.2. The molecule has 0 saturated heterocycles. The van der Waals surface area contributed by atoms with Crippen LogP contribution in [0.3, 0.4) is 0 Å². The molecule has 0 saturated carbocycles. The predicted octanol–water partition coefficient (Wildman–Crippen LogP) is 5.38. The Balaban J connectivity index is 1.82. The van der Waals surface area contributed by atoms with Crippen LogP contribution in [0.25, 0.3) is 0 Å². The van der Waals surface area contributed by atoms with Crippen LogP contribution in [-0.2, 0) is 0 Å². The van der Waals surface area contributed by atoms with E-state index in [4.69, 9.17) is 11.6 Å². The molecule has 0 fully saturated rings. The summed E-state index contributed by atoms with van der Waals surface area (Å²) in [5, 5.41) is 15.5. The van der Waals surface area contributed by atoms with Gasteiger partial charge in [0.25, 0.3) is 5.69 Å². The minimum Gasteiger partial charge on any atom is -0.377 e. The first-order chi connectivity index (χ1) is 11.6. The van der Waals surface area contributed by atoms with Crippen molar-refractivity contribution < 1.29 is 4.92 Å². The van der Waals surface area contributed by atoms with Crippen molar-refractivity contribution in [1.82, 2.24) is 0 Å². The predicted molar refractivity (Wildman–Crippen MR) is 95.6 cm³/mol. The van der Waals surface area contributed by atoms with Crippen LogP contribution in [0, 0.1) is 23.0 Å². The molecule has 1 N–H and O–H groups in total. The van der Waals surface area contributed by atoms with Crippen LogP contribution in [0.15, 0.2) is 48.6 Å². The molecule has 1 aliphatic heterocycles. The summed E-state index contributed by atoms with van der Waals surface area (Å²) in [7, 11) is 0. The molecule has 4 rings (SSSR count). The van der Waals surface area contributed by atoms with Gasteiger partial charge in [-0.25, -0.2) is 0 Å². The Labute approximate surface area is 145 Å². The van der Waals surface area contributed by atoms with Crippen molar-refractivity contribution in [2.45, 2.75) is 25.3 Å². The van der Waals surface area contributed by atoms with Gasteiger partial charge in [-0.2, -0.15) is 0 Å². The standard InChI is InChI=1S/C19H17ClN2O2/c1-11-17(20)9-8-16-14-6-3-7-15(14)19(21-18(11)16)12-4-2-5-13(10-12)22(23)24/h2-6,8-10,14-15,19,21H,7H2,1H3/t14-,15+,19-/m1/s1. The fourth-order valence-electron chi connectivity index (χ4n) is 3.95. The highest BCUT2D eigenvalue weighted by atomic mass is 35.5. The maximum atomic E-state index is 11.1. The van der Waals surface area contributed by atoms with Crippen LogP contribution in [0.1, 0.15) is 35.1 Å². The molecule has 0 spiro atoms. The summed E-state index contributed by atoms with van der Waals surface area (Å²) in [6.07, 6.45) is 5.43. The second-order valence-corrected chi connectivity index (χ2v) is 6.87. The number of hydrogen-bond acceptors (Lipinski definition) is 3. The Morgan fingerprint density at radius 1 is 1.29 bits per heavy atom. The molecule has 2 aromatic rings. The highest BCUT2D eigenvalue weighted by Gasteiger charge is 2.38.